The van der Waals surface area contributed by atoms with Gasteiger partial charge in [0.2, 0.25) is 20.0 Å². The molecule has 9 heteroatoms. The van der Waals surface area contributed by atoms with Crippen LogP contribution in [-0.2, 0) is 25.8 Å². The second-order valence-electron chi connectivity index (χ2n) is 5.46. The first-order valence-electron chi connectivity index (χ1n) is 6.09. The molecule has 0 aliphatic heterocycles. The van der Waals surface area contributed by atoms with Crippen molar-refractivity contribution in [2.24, 2.45) is 0 Å². The number of hydrogen-bond acceptors (Lipinski definition) is 4. The van der Waals surface area contributed by atoms with Gasteiger partial charge in [-0.2, -0.15) is 0 Å². The van der Waals surface area contributed by atoms with E-state index >= 15 is 0 Å². The van der Waals surface area contributed by atoms with Crippen molar-refractivity contribution in [1.29, 1.82) is 0 Å². The van der Waals surface area contributed by atoms with Gasteiger partial charge in [0, 0.05) is 12.1 Å². The van der Waals surface area contributed by atoms with Gasteiger partial charge in [0.25, 0.3) is 0 Å². The molecule has 1 aromatic carbocycles. The van der Waals surface area contributed by atoms with E-state index in [2.05, 4.69) is 9.44 Å². The Morgan fingerprint density at radius 2 is 1.62 bits per heavy atom. The van der Waals surface area contributed by atoms with Gasteiger partial charge in [-0.1, -0.05) is 12.1 Å². The van der Waals surface area contributed by atoms with Gasteiger partial charge in [-0.3, -0.25) is 0 Å². The van der Waals surface area contributed by atoms with Crippen LogP contribution in [0.1, 0.15) is 19.4 Å². The van der Waals surface area contributed by atoms with Crippen molar-refractivity contribution in [3.63, 3.8) is 0 Å². The highest BCUT2D eigenvalue weighted by molar-refractivity contribution is 7.89. The number of hydrogen-bond donors (Lipinski definition) is 2. The first-order chi connectivity index (χ1) is 9.39. The van der Waals surface area contributed by atoms with E-state index in [-0.39, 0.29) is 12.3 Å². The highest BCUT2D eigenvalue weighted by Crippen LogP contribution is 2.08. The van der Waals surface area contributed by atoms with Crippen molar-refractivity contribution in [2.45, 2.75) is 25.1 Å². The minimum atomic E-state index is -3.64. The first kappa shape index (κ1) is 18.0. The summed E-state index contributed by atoms with van der Waals surface area (Å²) in [4.78, 5) is 0. The molecule has 0 aliphatic carbocycles. The number of halogens is 1. The fourth-order valence-electron chi connectivity index (χ4n) is 1.68. The van der Waals surface area contributed by atoms with Gasteiger partial charge in [0.15, 0.2) is 0 Å². The van der Waals surface area contributed by atoms with Crippen LogP contribution in [0.3, 0.4) is 0 Å². The first-order valence-corrected chi connectivity index (χ1v) is 9.64. The van der Waals surface area contributed by atoms with Crippen molar-refractivity contribution in [3.05, 3.63) is 35.6 Å². The van der Waals surface area contributed by atoms with Crippen molar-refractivity contribution in [3.8, 4) is 0 Å². The van der Waals surface area contributed by atoms with Crippen molar-refractivity contribution in [2.75, 3.05) is 12.8 Å². The highest BCUT2D eigenvalue weighted by Gasteiger charge is 2.24. The number of rotatable bonds is 7. The van der Waals surface area contributed by atoms with Crippen LogP contribution in [0.25, 0.3) is 0 Å². The molecule has 0 saturated heterocycles. The van der Waals surface area contributed by atoms with E-state index in [1.165, 1.54) is 24.3 Å². The van der Waals surface area contributed by atoms with E-state index in [0.717, 1.165) is 6.26 Å². The molecule has 0 radical (unpaired) electrons. The van der Waals surface area contributed by atoms with Crippen molar-refractivity contribution < 1.29 is 21.2 Å². The maximum absolute atomic E-state index is 12.8. The molecule has 0 unspecified atom stereocenters. The van der Waals surface area contributed by atoms with Gasteiger partial charge in [0.05, 0.1) is 12.0 Å². The normalized spacial score (nSPS) is 13.3. The molecule has 0 amide bonds. The van der Waals surface area contributed by atoms with E-state index in [9.17, 15) is 21.2 Å². The van der Waals surface area contributed by atoms with Crippen LogP contribution in [0.4, 0.5) is 4.39 Å². The molecule has 0 aliphatic rings. The molecule has 1 aromatic rings. The topological polar surface area (TPSA) is 92.3 Å². The molecular weight excluding hydrogens is 319 g/mol. The van der Waals surface area contributed by atoms with E-state index in [0.29, 0.717) is 5.56 Å². The third-order valence-corrected chi connectivity index (χ3v) is 4.69. The fourth-order valence-corrected chi connectivity index (χ4v) is 4.07. The average molecular weight is 338 g/mol. The molecule has 6 nitrogen and oxygen atoms in total. The maximum Gasteiger partial charge on any atom is 0.215 e. The molecule has 0 saturated carbocycles. The molecule has 0 bridgehead atoms. The Bertz CT molecular complexity index is 682. The summed E-state index contributed by atoms with van der Waals surface area (Å²) < 4.78 is 63.6. The van der Waals surface area contributed by atoms with E-state index in [1.54, 1.807) is 13.8 Å². The van der Waals surface area contributed by atoms with Crippen LogP contribution < -0.4 is 9.44 Å². The predicted molar refractivity (Wildman–Crippen MR) is 79.1 cm³/mol. The number of nitrogens with one attached hydrogen (secondary N) is 2. The summed E-state index contributed by atoms with van der Waals surface area (Å²) in [5.41, 5.74) is -0.513. The molecule has 0 atom stereocenters. The zero-order valence-corrected chi connectivity index (χ0v) is 13.7. The van der Waals surface area contributed by atoms with Gasteiger partial charge >= 0.3 is 0 Å². The monoisotopic (exact) mass is 338 g/mol. The van der Waals surface area contributed by atoms with Crippen LogP contribution in [0.15, 0.2) is 24.3 Å². The Labute approximate surface area is 124 Å². The Morgan fingerprint density at radius 3 is 2.10 bits per heavy atom. The largest absolute Gasteiger partial charge is 0.215 e. The Hall–Kier alpha value is -1.03. The molecule has 1 rings (SSSR count). The summed E-state index contributed by atoms with van der Waals surface area (Å²) in [7, 11) is -7.08. The molecule has 2 N–H and O–H groups in total. The molecular formula is C12H19FN2O4S2. The van der Waals surface area contributed by atoms with Crippen molar-refractivity contribution in [1.82, 2.24) is 9.44 Å². The summed E-state index contributed by atoms with van der Waals surface area (Å²) in [6, 6.07) is 5.13. The van der Waals surface area contributed by atoms with Crippen molar-refractivity contribution >= 4 is 20.0 Å². The molecule has 0 heterocycles. The number of sulfonamides is 2. The standard InChI is InChI=1S/C12H19FN2O4S2/c1-12(2,15-20(3,16)17)9-14-21(18,19)8-10-4-6-11(13)7-5-10/h4-7,14-15H,8-9H2,1-3H3. The zero-order chi connectivity index (χ0) is 16.3. The summed E-state index contributed by atoms with van der Waals surface area (Å²) >= 11 is 0. The van der Waals surface area contributed by atoms with Crippen LogP contribution in [0.2, 0.25) is 0 Å². The van der Waals surface area contributed by atoms with Gasteiger partial charge in [-0.25, -0.2) is 30.7 Å². The molecule has 120 valence electrons. The van der Waals surface area contributed by atoms with E-state index in [1.807, 2.05) is 0 Å². The lowest BCUT2D eigenvalue weighted by Crippen LogP contribution is -2.51. The highest BCUT2D eigenvalue weighted by atomic mass is 32.2. The van der Waals surface area contributed by atoms with Crippen LogP contribution in [0.5, 0.6) is 0 Å². The fraction of sp³-hybridized carbons (Fsp3) is 0.500. The SMILES string of the molecule is CC(C)(CNS(=O)(=O)Cc1ccc(F)cc1)NS(C)(=O)=O. The minimum absolute atomic E-state index is 0.0937. The Kier molecular flexibility index (Phi) is 5.48. The van der Waals surface area contributed by atoms with Gasteiger partial charge in [-0.15, -0.1) is 0 Å². The van der Waals surface area contributed by atoms with E-state index < -0.39 is 31.4 Å². The summed E-state index contributed by atoms with van der Waals surface area (Å²) in [6.07, 6.45) is 1.00. The van der Waals surface area contributed by atoms with Crippen LogP contribution in [0, 0.1) is 5.82 Å². The lowest BCUT2D eigenvalue weighted by molar-refractivity contribution is 0.446. The quantitative estimate of drug-likeness (QED) is 0.760. The molecule has 0 aromatic heterocycles. The summed E-state index contributed by atoms with van der Waals surface area (Å²) in [6.45, 7) is 3.03. The maximum atomic E-state index is 12.8. The predicted octanol–water partition coefficient (Wildman–Crippen LogP) is 0.573. The van der Waals surface area contributed by atoms with Gasteiger partial charge in [-0.05, 0) is 31.5 Å². The minimum Gasteiger partial charge on any atom is -0.213 e. The molecule has 21 heavy (non-hydrogen) atoms. The third kappa shape index (κ3) is 7.51. The Morgan fingerprint density at radius 1 is 1.10 bits per heavy atom. The molecule has 0 fully saturated rings. The average Bonchev–Trinajstić information content (AvgIpc) is 2.27. The lowest BCUT2D eigenvalue weighted by Gasteiger charge is -2.25. The second kappa shape index (κ2) is 6.39. The lowest BCUT2D eigenvalue weighted by atomic mass is 10.1. The van der Waals surface area contributed by atoms with Crippen LogP contribution in [-0.4, -0.2) is 35.2 Å². The summed E-state index contributed by atoms with van der Waals surface area (Å²) in [5.74, 6) is -0.745. The van der Waals surface area contributed by atoms with Gasteiger partial charge < -0.3 is 0 Å². The van der Waals surface area contributed by atoms with Gasteiger partial charge in [0.1, 0.15) is 5.82 Å². The van der Waals surface area contributed by atoms with Crippen LogP contribution >= 0.6 is 0 Å². The second-order valence-corrected chi connectivity index (χ2v) is 9.02. The Balaban J connectivity index is 2.67. The zero-order valence-electron chi connectivity index (χ0n) is 12.1. The summed E-state index contributed by atoms with van der Waals surface area (Å²) in [5, 5.41) is 0. The van der Waals surface area contributed by atoms with E-state index in [4.69, 9.17) is 0 Å². The smallest absolute Gasteiger partial charge is 0.213 e. The number of benzene rings is 1. The molecule has 0 spiro atoms. The third-order valence-electron chi connectivity index (χ3n) is 2.47.